The number of nitrogens with one attached hydrogen (secondary N) is 1. The molecule has 0 aliphatic carbocycles. The molecule has 5 rings (SSSR count). The van der Waals surface area contributed by atoms with E-state index in [9.17, 15) is 24.3 Å². The largest absolute Gasteiger partial charge is 0.460 e. The molecule has 3 aliphatic heterocycles. The third-order valence-electron chi connectivity index (χ3n) is 9.35. The molecule has 1 spiro atoms. The molecule has 1 unspecified atom stereocenters. The second-order valence-electron chi connectivity index (χ2n) is 12.5. The van der Waals surface area contributed by atoms with Gasteiger partial charge in [-0.3, -0.25) is 19.2 Å². The number of ether oxygens (including phenoxy) is 2. The molecule has 2 N–H and O–H groups in total. The van der Waals surface area contributed by atoms with Crippen LogP contribution >= 0.6 is 27.5 Å². The molecule has 2 bridgehead atoms. The van der Waals surface area contributed by atoms with Crippen LogP contribution in [0.3, 0.4) is 0 Å². The maximum atomic E-state index is 14.9. The summed E-state index contributed by atoms with van der Waals surface area (Å²) >= 11 is 10.3. The van der Waals surface area contributed by atoms with E-state index in [1.165, 1.54) is 9.80 Å². The topological polar surface area (TPSA) is 125 Å². The van der Waals surface area contributed by atoms with Crippen LogP contribution in [0, 0.1) is 11.8 Å². The number of hydrogen-bond acceptors (Lipinski definition) is 7. The van der Waals surface area contributed by atoms with Gasteiger partial charge >= 0.3 is 5.97 Å². The summed E-state index contributed by atoms with van der Waals surface area (Å²) in [4.78, 5) is 58.2. The Balaban J connectivity index is 1.52. The van der Waals surface area contributed by atoms with Gasteiger partial charge < -0.3 is 29.7 Å². The molecule has 8 atom stereocenters. The first-order chi connectivity index (χ1) is 23.1. The van der Waals surface area contributed by atoms with Gasteiger partial charge in [0.1, 0.15) is 17.7 Å². The molecular formula is C36H41BrClN3O7. The number of halogens is 2. The first-order valence-electron chi connectivity index (χ1n) is 16.1. The number of amides is 3. The SMILES string of the molecule is C=CCCC(=O)NC[C@@H](C)OC(=O)[C@H]1[C@@H]2O[C@@]3(CC2Br)[C@@H]1C(=O)N([C@@H](CO)Cc1ccccc1)[C@@H]3C(=O)N(CC=C)c1ccccc1Cl. The Morgan fingerprint density at radius 2 is 1.90 bits per heavy atom. The van der Waals surface area contributed by atoms with Crippen LogP contribution in [0.1, 0.15) is 31.7 Å². The summed E-state index contributed by atoms with van der Waals surface area (Å²) in [6.07, 6.45) is 3.12. The standard InChI is InChI=1S/C36H41BrClN3O7/c1-4-6-16-28(43)39-20-22(3)47-35(46)29-30-33(44)41(24(21-42)18-23-12-8-7-9-13-23)32(36(30)19-25(37)31(29)48-36)34(45)40(17-5-2)27-15-11-10-14-26(27)38/h4-5,7-15,22,24-25,29-32,42H,1-2,6,16-21H2,3H3,(H,39,43)/t22-,24-,25?,29-,30+,31-,32-,36+/m1/s1. The molecule has 0 radical (unpaired) electrons. The molecule has 0 aromatic heterocycles. The number of allylic oxidation sites excluding steroid dienone is 1. The van der Waals surface area contributed by atoms with E-state index in [4.69, 9.17) is 21.1 Å². The van der Waals surface area contributed by atoms with Crippen molar-refractivity contribution in [3.05, 3.63) is 90.5 Å². The van der Waals surface area contributed by atoms with Crippen LogP contribution in [-0.4, -0.2) is 88.1 Å². The predicted octanol–water partition coefficient (Wildman–Crippen LogP) is 4.22. The maximum Gasteiger partial charge on any atom is 0.312 e. The number of rotatable bonds is 15. The Morgan fingerprint density at radius 1 is 1.19 bits per heavy atom. The van der Waals surface area contributed by atoms with Crippen molar-refractivity contribution in [2.24, 2.45) is 11.8 Å². The average molecular weight is 743 g/mol. The van der Waals surface area contributed by atoms with Gasteiger partial charge in [-0.1, -0.05) is 82.1 Å². The van der Waals surface area contributed by atoms with Crippen molar-refractivity contribution < 1.29 is 33.8 Å². The molecule has 3 amide bonds. The second-order valence-corrected chi connectivity index (χ2v) is 14.1. The van der Waals surface area contributed by atoms with Gasteiger partial charge in [-0.2, -0.15) is 0 Å². The Hall–Kier alpha value is -3.51. The highest BCUT2D eigenvalue weighted by atomic mass is 79.9. The number of likely N-dealkylation sites (tertiary alicyclic amines) is 1. The van der Waals surface area contributed by atoms with E-state index in [0.29, 0.717) is 17.1 Å². The van der Waals surface area contributed by atoms with E-state index >= 15 is 0 Å². The van der Waals surface area contributed by atoms with Gasteiger partial charge in [-0.15, -0.1) is 13.2 Å². The molecule has 2 aromatic rings. The highest BCUT2D eigenvalue weighted by Gasteiger charge is 2.77. The van der Waals surface area contributed by atoms with Gasteiger partial charge in [-0.05, 0) is 43.9 Å². The molecular weight excluding hydrogens is 702 g/mol. The number of alkyl halides is 1. The van der Waals surface area contributed by atoms with E-state index in [2.05, 4.69) is 34.4 Å². The summed E-state index contributed by atoms with van der Waals surface area (Å²) in [6, 6.07) is 14.3. The van der Waals surface area contributed by atoms with E-state index in [1.54, 1.807) is 43.3 Å². The molecule has 3 aliphatic rings. The quantitative estimate of drug-likeness (QED) is 0.159. The minimum absolute atomic E-state index is 0.0900. The average Bonchev–Trinajstić information content (AvgIpc) is 3.68. The molecule has 256 valence electrons. The molecule has 0 saturated carbocycles. The fraction of sp³-hybridized carbons (Fsp3) is 0.444. The number of nitrogens with zero attached hydrogens (tertiary/aromatic N) is 2. The van der Waals surface area contributed by atoms with Crippen LogP contribution in [0.2, 0.25) is 5.02 Å². The molecule has 12 heteroatoms. The normalized spacial score (nSPS) is 26.8. The number of carbonyl (C=O) groups excluding carboxylic acids is 4. The van der Waals surface area contributed by atoms with Crippen LogP contribution in [0.15, 0.2) is 79.9 Å². The van der Waals surface area contributed by atoms with E-state index < -0.39 is 66.1 Å². The van der Waals surface area contributed by atoms with E-state index in [1.807, 2.05) is 30.3 Å². The number of benzene rings is 2. The summed E-state index contributed by atoms with van der Waals surface area (Å²) in [5.74, 6) is -3.85. The molecule has 3 saturated heterocycles. The number of hydrogen-bond donors (Lipinski definition) is 2. The number of fused-ring (bicyclic) bond motifs is 1. The number of esters is 1. The van der Waals surface area contributed by atoms with Gasteiger partial charge in [0.25, 0.3) is 5.91 Å². The van der Waals surface area contributed by atoms with Crippen LogP contribution in [0.25, 0.3) is 0 Å². The number of aliphatic hydroxyl groups excluding tert-OH is 1. The number of para-hydroxylation sites is 1. The lowest BCUT2D eigenvalue weighted by molar-refractivity contribution is -0.159. The fourth-order valence-corrected chi connectivity index (χ4v) is 8.48. The predicted molar refractivity (Wildman–Crippen MR) is 186 cm³/mol. The minimum Gasteiger partial charge on any atom is -0.460 e. The van der Waals surface area contributed by atoms with Crippen LogP contribution in [0.5, 0.6) is 0 Å². The summed E-state index contributed by atoms with van der Waals surface area (Å²) in [5.41, 5.74) is -0.102. The first-order valence-corrected chi connectivity index (χ1v) is 17.4. The van der Waals surface area contributed by atoms with Gasteiger partial charge in [0.15, 0.2) is 0 Å². The van der Waals surface area contributed by atoms with Crippen molar-refractivity contribution in [2.45, 2.75) is 67.3 Å². The van der Waals surface area contributed by atoms with Crippen molar-refractivity contribution in [3.63, 3.8) is 0 Å². The van der Waals surface area contributed by atoms with Crippen molar-refractivity contribution in [1.29, 1.82) is 0 Å². The summed E-state index contributed by atoms with van der Waals surface area (Å²) in [7, 11) is 0. The highest BCUT2D eigenvalue weighted by Crippen LogP contribution is 2.61. The van der Waals surface area contributed by atoms with E-state index in [-0.39, 0.29) is 43.1 Å². The molecule has 3 heterocycles. The fourth-order valence-electron chi connectivity index (χ4n) is 7.30. The number of anilines is 1. The third kappa shape index (κ3) is 6.83. The zero-order valence-corrected chi connectivity index (χ0v) is 29.1. The maximum absolute atomic E-state index is 14.9. The molecule has 3 fully saturated rings. The van der Waals surface area contributed by atoms with Crippen molar-refractivity contribution in [2.75, 3.05) is 24.6 Å². The zero-order valence-electron chi connectivity index (χ0n) is 26.8. The smallest absolute Gasteiger partial charge is 0.312 e. The van der Waals surface area contributed by atoms with E-state index in [0.717, 1.165) is 5.56 Å². The van der Waals surface area contributed by atoms with Crippen LogP contribution in [0.4, 0.5) is 5.69 Å². The highest BCUT2D eigenvalue weighted by molar-refractivity contribution is 9.09. The monoisotopic (exact) mass is 741 g/mol. The minimum atomic E-state index is -1.40. The summed E-state index contributed by atoms with van der Waals surface area (Å²) < 4.78 is 12.5. The van der Waals surface area contributed by atoms with Gasteiger partial charge in [-0.25, -0.2) is 0 Å². The summed E-state index contributed by atoms with van der Waals surface area (Å²) in [5, 5.41) is 13.9. The molecule has 2 aromatic carbocycles. The number of aliphatic hydroxyl groups is 1. The lowest BCUT2D eigenvalue weighted by Crippen LogP contribution is -2.59. The Labute approximate surface area is 294 Å². The Bertz CT molecular complexity index is 1540. The van der Waals surface area contributed by atoms with Gasteiger partial charge in [0.2, 0.25) is 11.8 Å². The zero-order chi connectivity index (χ0) is 34.6. The lowest BCUT2D eigenvalue weighted by atomic mass is 9.70. The first kappa shape index (κ1) is 35.8. The number of carbonyl (C=O) groups is 4. The van der Waals surface area contributed by atoms with Crippen molar-refractivity contribution >= 4 is 56.9 Å². The Morgan fingerprint density at radius 3 is 2.56 bits per heavy atom. The molecule has 10 nitrogen and oxygen atoms in total. The van der Waals surface area contributed by atoms with Crippen LogP contribution < -0.4 is 10.2 Å². The van der Waals surface area contributed by atoms with Gasteiger partial charge in [0.05, 0.1) is 47.8 Å². The molecule has 48 heavy (non-hydrogen) atoms. The lowest BCUT2D eigenvalue weighted by Gasteiger charge is -2.39. The van der Waals surface area contributed by atoms with Crippen LogP contribution in [-0.2, 0) is 35.1 Å². The van der Waals surface area contributed by atoms with Crippen molar-refractivity contribution in [1.82, 2.24) is 10.2 Å². The third-order valence-corrected chi connectivity index (χ3v) is 10.5. The van der Waals surface area contributed by atoms with Gasteiger partial charge in [0, 0.05) is 17.8 Å². The van der Waals surface area contributed by atoms with Crippen molar-refractivity contribution in [3.8, 4) is 0 Å². The Kier molecular flexibility index (Phi) is 11.5. The summed E-state index contributed by atoms with van der Waals surface area (Å²) in [6.45, 7) is 8.88. The second kappa shape index (κ2) is 15.4.